The lowest BCUT2D eigenvalue weighted by molar-refractivity contribution is 0.0325. The minimum absolute atomic E-state index is 0.0363. The van der Waals surface area contributed by atoms with E-state index in [-0.39, 0.29) is 30.6 Å². The van der Waals surface area contributed by atoms with Gasteiger partial charge < -0.3 is 19.5 Å². The maximum atomic E-state index is 13.7. The summed E-state index contributed by atoms with van der Waals surface area (Å²) >= 11 is 0. The number of pyridine rings is 1. The molecule has 1 N–H and O–H groups in total. The van der Waals surface area contributed by atoms with E-state index in [4.69, 9.17) is 9.47 Å². The Bertz CT molecular complexity index is 1170. The van der Waals surface area contributed by atoms with Crippen LogP contribution in [0.4, 0.5) is 0 Å². The molecule has 1 amide bonds. The summed E-state index contributed by atoms with van der Waals surface area (Å²) in [5, 5.41) is 9.90. The van der Waals surface area contributed by atoms with Crippen LogP contribution in [0.5, 0.6) is 11.6 Å². The summed E-state index contributed by atoms with van der Waals surface area (Å²) in [5.74, 6) is 0.903. The van der Waals surface area contributed by atoms with Gasteiger partial charge in [-0.1, -0.05) is 49.4 Å². The highest BCUT2D eigenvalue weighted by Crippen LogP contribution is 2.31. The summed E-state index contributed by atoms with van der Waals surface area (Å²) < 4.78 is 11.8. The van der Waals surface area contributed by atoms with Crippen molar-refractivity contribution in [2.45, 2.75) is 32.5 Å². The molecule has 190 valence electrons. The zero-order valence-electron chi connectivity index (χ0n) is 21.4. The first-order chi connectivity index (χ1) is 17.4. The molecule has 7 heteroatoms. The second-order valence-corrected chi connectivity index (χ2v) is 9.61. The first kappa shape index (κ1) is 25.7. The monoisotopic (exact) mass is 489 g/mol. The number of ether oxygens (including phenoxy) is 2. The van der Waals surface area contributed by atoms with Crippen molar-refractivity contribution in [1.82, 2.24) is 14.8 Å². The third-order valence-electron chi connectivity index (χ3n) is 6.71. The number of hydrogen-bond donors (Lipinski definition) is 1. The first-order valence-electron chi connectivity index (χ1n) is 12.3. The van der Waals surface area contributed by atoms with Gasteiger partial charge >= 0.3 is 0 Å². The summed E-state index contributed by atoms with van der Waals surface area (Å²) in [5.41, 5.74) is 3.32. The standard InChI is InChI=1S/C29H35N3O4/c1-20-16-32(21(2)19-33)29(34)26-14-24(23-11-8-12-25(13-23)35-4)15-30-28(26)36-27(20)18-31(3)17-22-9-6-5-7-10-22/h5-15,20-21,27,33H,16-19H2,1-4H3/t20-,21-,27+/m1/s1. The number of benzene rings is 2. The molecule has 0 fully saturated rings. The van der Waals surface area contributed by atoms with E-state index in [2.05, 4.69) is 36.0 Å². The molecule has 1 aliphatic heterocycles. The maximum absolute atomic E-state index is 13.7. The van der Waals surface area contributed by atoms with E-state index in [1.165, 1.54) is 5.56 Å². The molecular weight excluding hydrogens is 454 g/mol. The average molecular weight is 490 g/mol. The molecule has 1 aliphatic rings. The Morgan fingerprint density at radius 2 is 1.94 bits per heavy atom. The van der Waals surface area contributed by atoms with Crippen LogP contribution >= 0.6 is 0 Å². The molecule has 0 unspecified atom stereocenters. The van der Waals surface area contributed by atoms with Gasteiger partial charge in [-0.25, -0.2) is 4.98 Å². The molecule has 0 saturated heterocycles. The second-order valence-electron chi connectivity index (χ2n) is 9.61. The van der Waals surface area contributed by atoms with Crippen LogP contribution in [0.25, 0.3) is 11.1 Å². The fourth-order valence-electron chi connectivity index (χ4n) is 4.55. The van der Waals surface area contributed by atoms with Crippen molar-refractivity contribution in [1.29, 1.82) is 0 Å². The van der Waals surface area contributed by atoms with Gasteiger partial charge in [0.1, 0.15) is 17.4 Å². The number of rotatable bonds is 8. The number of methoxy groups -OCH3 is 1. The van der Waals surface area contributed by atoms with Crippen molar-refractivity contribution in [2.24, 2.45) is 5.92 Å². The van der Waals surface area contributed by atoms with Gasteiger partial charge in [0.2, 0.25) is 5.88 Å². The molecule has 0 radical (unpaired) electrons. The fourth-order valence-corrected chi connectivity index (χ4v) is 4.55. The summed E-state index contributed by atoms with van der Waals surface area (Å²) in [4.78, 5) is 22.2. The highest BCUT2D eigenvalue weighted by Gasteiger charge is 2.34. The lowest BCUT2D eigenvalue weighted by Gasteiger charge is -2.37. The van der Waals surface area contributed by atoms with E-state index in [1.807, 2.05) is 55.5 Å². The minimum atomic E-state index is -0.325. The number of amides is 1. The summed E-state index contributed by atoms with van der Waals surface area (Å²) in [6.45, 7) is 5.77. The lowest BCUT2D eigenvalue weighted by Crippen LogP contribution is -2.49. The van der Waals surface area contributed by atoms with E-state index in [0.29, 0.717) is 24.5 Å². The highest BCUT2D eigenvalue weighted by molar-refractivity contribution is 5.98. The smallest absolute Gasteiger partial charge is 0.259 e. The predicted molar refractivity (Wildman–Crippen MR) is 140 cm³/mol. The van der Waals surface area contributed by atoms with E-state index in [0.717, 1.165) is 23.4 Å². The quantitative estimate of drug-likeness (QED) is 0.513. The van der Waals surface area contributed by atoms with Crippen LogP contribution in [-0.4, -0.2) is 71.8 Å². The number of nitrogens with zero attached hydrogens (tertiary/aromatic N) is 3. The molecule has 3 atom stereocenters. The molecule has 4 rings (SSSR count). The van der Waals surface area contributed by atoms with Crippen molar-refractivity contribution in [3.05, 3.63) is 78.0 Å². The second kappa shape index (κ2) is 11.5. The molecule has 2 heterocycles. The van der Waals surface area contributed by atoms with Crippen molar-refractivity contribution < 1.29 is 19.4 Å². The van der Waals surface area contributed by atoms with E-state index in [1.54, 1.807) is 18.2 Å². The molecule has 0 bridgehead atoms. The van der Waals surface area contributed by atoms with E-state index < -0.39 is 0 Å². The van der Waals surface area contributed by atoms with Crippen LogP contribution in [0.2, 0.25) is 0 Å². The van der Waals surface area contributed by atoms with Gasteiger partial charge in [-0.05, 0) is 43.3 Å². The van der Waals surface area contributed by atoms with Gasteiger partial charge in [-0.15, -0.1) is 0 Å². The number of likely N-dealkylation sites (N-methyl/N-ethyl adjacent to an activating group) is 1. The molecular formula is C29H35N3O4. The number of carbonyl (C=O) groups excluding carboxylic acids is 1. The Kier molecular flexibility index (Phi) is 8.23. The Labute approximate surface area is 213 Å². The molecule has 0 aliphatic carbocycles. The Balaban J connectivity index is 1.66. The predicted octanol–water partition coefficient (Wildman–Crippen LogP) is 4.11. The van der Waals surface area contributed by atoms with Gasteiger partial charge in [-0.3, -0.25) is 9.69 Å². The van der Waals surface area contributed by atoms with Crippen LogP contribution < -0.4 is 9.47 Å². The normalized spacial score (nSPS) is 18.7. The molecule has 3 aromatic rings. The van der Waals surface area contributed by atoms with Gasteiger partial charge in [0.15, 0.2) is 0 Å². The fraction of sp³-hybridized carbons (Fsp3) is 0.379. The van der Waals surface area contributed by atoms with Crippen molar-refractivity contribution in [3.8, 4) is 22.8 Å². The van der Waals surface area contributed by atoms with Gasteiger partial charge in [-0.2, -0.15) is 0 Å². The average Bonchev–Trinajstić information content (AvgIpc) is 2.90. The third kappa shape index (κ3) is 5.86. The van der Waals surface area contributed by atoms with Gasteiger partial charge in [0.05, 0.1) is 19.8 Å². The summed E-state index contributed by atoms with van der Waals surface area (Å²) in [7, 11) is 3.70. The van der Waals surface area contributed by atoms with Crippen LogP contribution in [0.3, 0.4) is 0 Å². The molecule has 0 saturated carbocycles. The van der Waals surface area contributed by atoms with E-state index >= 15 is 0 Å². The van der Waals surface area contributed by atoms with Crippen LogP contribution in [0, 0.1) is 5.92 Å². The molecule has 7 nitrogen and oxygen atoms in total. The molecule has 36 heavy (non-hydrogen) atoms. The number of carbonyl (C=O) groups is 1. The van der Waals surface area contributed by atoms with Gasteiger partial charge in [0.25, 0.3) is 5.91 Å². The van der Waals surface area contributed by atoms with Crippen LogP contribution in [-0.2, 0) is 6.54 Å². The highest BCUT2D eigenvalue weighted by atomic mass is 16.5. The largest absolute Gasteiger partial charge is 0.497 e. The van der Waals surface area contributed by atoms with Gasteiger partial charge in [0, 0.05) is 37.3 Å². The zero-order chi connectivity index (χ0) is 25.7. The van der Waals surface area contributed by atoms with Crippen molar-refractivity contribution in [3.63, 3.8) is 0 Å². The maximum Gasteiger partial charge on any atom is 0.259 e. The molecule has 2 aromatic carbocycles. The number of fused-ring (bicyclic) bond motifs is 1. The summed E-state index contributed by atoms with van der Waals surface area (Å²) in [6, 6.07) is 19.5. The zero-order valence-corrected chi connectivity index (χ0v) is 21.4. The SMILES string of the molecule is COc1cccc(-c2cnc3c(c2)C(=O)N([C@H](C)CO)C[C@@H](C)[C@H](CN(C)Cc2ccccc2)O3)c1. The topological polar surface area (TPSA) is 75.1 Å². The Morgan fingerprint density at radius 3 is 2.67 bits per heavy atom. The minimum Gasteiger partial charge on any atom is -0.497 e. The van der Waals surface area contributed by atoms with Crippen LogP contribution in [0.1, 0.15) is 29.8 Å². The first-order valence-corrected chi connectivity index (χ1v) is 12.3. The molecule has 1 aromatic heterocycles. The lowest BCUT2D eigenvalue weighted by atomic mass is 9.99. The molecule has 0 spiro atoms. The number of aromatic nitrogens is 1. The third-order valence-corrected chi connectivity index (χ3v) is 6.71. The van der Waals surface area contributed by atoms with Crippen molar-refractivity contribution in [2.75, 3.05) is 33.9 Å². The Hall–Kier alpha value is -3.42. The summed E-state index contributed by atoms with van der Waals surface area (Å²) in [6.07, 6.45) is 1.55. The number of aliphatic hydroxyl groups excluding tert-OH is 1. The Morgan fingerprint density at radius 1 is 1.17 bits per heavy atom. The number of hydrogen-bond acceptors (Lipinski definition) is 6. The number of aliphatic hydroxyl groups is 1. The van der Waals surface area contributed by atoms with Crippen LogP contribution in [0.15, 0.2) is 66.9 Å². The van der Waals surface area contributed by atoms with Crippen molar-refractivity contribution >= 4 is 5.91 Å². The van der Waals surface area contributed by atoms with E-state index in [9.17, 15) is 9.90 Å².